The summed E-state index contributed by atoms with van der Waals surface area (Å²) in [5.41, 5.74) is 1.31. The molecule has 1 atom stereocenters. The summed E-state index contributed by atoms with van der Waals surface area (Å²) < 4.78 is 5.19. The van der Waals surface area contributed by atoms with Gasteiger partial charge in [-0.3, -0.25) is 9.59 Å². The Morgan fingerprint density at radius 1 is 1.09 bits per heavy atom. The van der Waals surface area contributed by atoms with Gasteiger partial charge in [0, 0.05) is 33.4 Å². The predicted molar refractivity (Wildman–Crippen MR) is 138 cm³/mol. The smallest absolute Gasteiger partial charge is 0.243 e. The van der Waals surface area contributed by atoms with Crippen molar-refractivity contribution in [2.45, 2.75) is 58.0 Å². The molecule has 0 fully saturated rings. The van der Waals surface area contributed by atoms with Gasteiger partial charge >= 0.3 is 0 Å². The zero-order chi connectivity index (χ0) is 24.6. The predicted octanol–water partition coefficient (Wildman–Crippen LogP) is 5.96. The molecule has 2 aromatic carbocycles. The fourth-order valence-electron chi connectivity index (χ4n) is 3.29. The molecule has 0 heterocycles. The maximum absolute atomic E-state index is 13.4. The van der Waals surface area contributed by atoms with Crippen LogP contribution < -0.4 is 10.1 Å². The number of nitrogens with one attached hydrogen (secondary N) is 1. The van der Waals surface area contributed by atoms with Crippen LogP contribution in [-0.4, -0.2) is 41.2 Å². The lowest BCUT2D eigenvalue weighted by molar-refractivity contribution is -0.140. The number of halogens is 2. The molecule has 2 aromatic rings. The second-order valence-electron chi connectivity index (χ2n) is 8.73. The van der Waals surface area contributed by atoms with Crippen molar-refractivity contribution in [3.05, 3.63) is 63.6 Å². The molecule has 2 rings (SSSR count). The van der Waals surface area contributed by atoms with E-state index in [-0.39, 0.29) is 24.1 Å². The average molecular weight is 512 g/mol. The molecule has 0 bridgehead atoms. The van der Waals surface area contributed by atoms with Crippen molar-refractivity contribution in [3.63, 3.8) is 0 Å². The number of hydrogen-bond acceptors (Lipinski definition) is 4. The van der Waals surface area contributed by atoms with Gasteiger partial charge < -0.3 is 15.0 Å². The van der Waals surface area contributed by atoms with Crippen LogP contribution in [0.2, 0.25) is 10.0 Å². The Labute approximate surface area is 211 Å². The molecule has 0 aliphatic rings. The van der Waals surface area contributed by atoms with Crippen LogP contribution in [0.4, 0.5) is 0 Å². The highest BCUT2D eigenvalue weighted by molar-refractivity contribution is 7.99. The van der Waals surface area contributed by atoms with Crippen LogP contribution in [0.25, 0.3) is 0 Å². The third kappa shape index (κ3) is 8.43. The number of methoxy groups -OCH3 is 1. The molecule has 5 nitrogen and oxygen atoms in total. The highest BCUT2D eigenvalue weighted by Gasteiger charge is 2.31. The van der Waals surface area contributed by atoms with Gasteiger partial charge in [-0.25, -0.2) is 0 Å². The fraction of sp³-hybridized carbons (Fsp3) is 0.440. The van der Waals surface area contributed by atoms with Gasteiger partial charge in [-0.1, -0.05) is 48.3 Å². The quantitative estimate of drug-likeness (QED) is 0.428. The first kappa shape index (κ1) is 27.4. The summed E-state index contributed by atoms with van der Waals surface area (Å²) in [5.74, 6) is 1.36. The minimum Gasteiger partial charge on any atom is -0.497 e. The van der Waals surface area contributed by atoms with Gasteiger partial charge in [-0.2, -0.15) is 0 Å². The number of benzene rings is 2. The molecule has 0 saturated carbocycles. The third-order valence-electron chi connectivity index (χ3n) is 4.93. The van der Waals surface area contributed by atoms with Gasteiger partial charge in [-0.05, 0) is 57.0 Å². The van der Waals surface area contributed by atoms with E-state index in [4.69, 9.17) is 27.9 Å². The fourth-order valence-corrected chi connectivity index (χ4v) is 4.67. The monoisotopic (exact) mass is 510 g/mol. The number of hydrogen-bond donors (Lipinski definition) is 1. The Bertz CT molecular complexity index is 925. The van der Waals surface area contributed by atoms with Crippen LogP contribution in [0.5, 0.6) is 5.75 Å². The average Bonchev–Trinajstić information content (AvgIpc) is 2.74. The Morgan fingerprint density at radius 2 is 1.70 bits per heavy atom. The molecule has 180 valence electrons. The van der Waals surface area contributed by atoms with Gasteiger partial charge in [-0.15, -0.1) is 11.8 Å². The van der Waals surface area contributed by atoms with Crippen molar-refractivity contribution >= 4 is 46.8 Å². The van der Waals surface area contributed by atoms with Gasteiger partial charge in [0.25, 0.3) is 0 Å². The lowest BCUT2D eigenvalue weighted by Gasteiger charge is -2.33. The van der Waals surface area contributed by atoms with Crippen molar-refractivity contribution < 1.29 is 14.3 Å². The van der Waals surface area contributed by atoms with Crippen LogP contribution in [0.3, 0.4) is 0 Å². The van der Waals surface area contributed by atoms with Gasteiger partial charge in [0.2, 0.25) is 11.8 Å². The molecule has 0 unspecified atom stereocenters. The molecule has 0 saturated heterocycles. The van der Waals surface area contributed by atoms with E-state index < -0.39 is 11.6 Å². The highest BCUT2D eigenvalue weighted by atomic mass is 35.5. The minimum absolute atomic E-state index is 0.139. The molecule has 0 radical (unpaired) electrons. The molecule has 0 aliphatic heterocycles. The Morgan fingerprint density at radius 3 is 2.21 bits per heavy atom. The lowest BCUT2D eigenvalue weighted by Crippen LogP contribution is -2.53. The molecule has 2 amide bonds. The SMILES string of the molecule is CC[C@H](C(=O)NC(C)(C)C)N(Cc1c(Cl)cccc1Cl)C(=O)CSCc1ccc(OC)cc1. The van der Waals surface area contributed by atoms with Crippen molar-refractivity contribution in [2.24, 2.45) is 0 Å². The van der Waals surface area contributed by atoms with Crippen LogP contribution >= 0.6 is 35.0 Å². The number of nitrogens with zero attached hydrogens (tertiary/aromatic N) is 1. The van der Waals surface area contributed by atoms with Gasteiger partial charge in [0.05, 0.1) is 12.9 Å². The van der Waals surface area contributed by atoms with E-state index in [1.165, 1.54) is 11.8 Å². The number of thioether (sulfide) groups is 1. The Hall–Kier alpha value is -1.89. The maximum atomic E-state index is 13.4. The molecule has 0 aromatic heterocycles. The van der Waals surface area contributed by atoms with E-state index in [9.17, 15) is 9.59 Å². The number of rotatable bonds is 10. The molecular weight excluding hydrogens is 479 g/mol. The van der Waals surface area contributed by atoms with Gasteiger partial charge in [0.15, 0.2) is 0 Å². The topological polar surface area (TPSA) is 58.6 Å². The van der Waals surface area contributed by atoms with E-state index in [1.54, 1.807) is 30.2 Å². The summed E-state index contributed by atoms with van der Waals surface area (Å²) in [7, 11) is 1.63. The zero-order valence-electron chi connectivity index (χ0n) is 19.8. The van der Waals surface area contributed by atoms with E-state index in [2.05, 4.69) is 5.32 Å². The highest BCUT2D eigenvalue weighted by Crippen LogP contribution is 2.28. The zero-order valence-corrected chi connectivity index (χ0v) is 22.1. The van der Waals surface area contributed by atoms with Gasteiger partial charge in [0.1, 0.15) is 11.8 Å². The minimum atomic E-state index is -0.634. The summed E-state index contributed by atoms with van der Waals surface area (Å²) in [4.78, 5) is 28.0. The molecular formula is C25H32Cl2N2O3S. The molecule has 8 heteroatoms. The number of carbonyl (C=O) groups is 2. The van der Waals surface area contributed by atoms with Crippen molar-refractivity contribution in [1.82, 2.24) is 10.2 Å². The van der Waals surface area contributed by atoms with Crippen LogP contribution in [0, 0.1) is 0 Å². The maximum Gasteiger partial charge on any atom is 0.243 e. The number of amides is 2. The first-order valence-electron chi connectivity index (χ1n) is 10.8. The first-order chi connectivity index (χ1) is 15.6. The van der Waals surface area contributed by atoms with Crippen LogP contribution in [0.15, 0.2) is 42.5 Å². The summed E-state index contributed by atoms with van der Waals surface area (Å²) in [6.07, 6.45) is 0.471. The Balaban J connectivity index is 2.20. The molecule has 1 N–H and O–H groups in total. The standard InChI is InChI=1S/C25H32Cl2N2O3S/c1-6-22(24(31)28-25(2,3)4)29(14-19-20(26)8-7-9-21(19)27)23(30)16-33-15-17-10-12-18(32-5)13-11-17/h7-13,22H,6,14-16H2,1-5H3,(H,28,31)/t22-/m1/s1. The van der Waals surface area contributed by atoms with Crippen molar-refractivity contribution in [2.75, 3.05) is 12.9 Å². The first-order valence-corrected chi connectivity index (χ1v) is 12.7. The third-order valence-corrected chi connectivity index (χ3v) is 6.62. The molecule has 33 heavy (non-hydrogen) atoms. The van der Waals surface area contributed by atoms with E-state index >= 15 is 0 Å². The summed E-state index contributed by atoms with van der Waals surface area (Å²) >= 11 is 14.3. The van der Waals surface area contributed by atoms with E-state index in [0.29, 0.717) is 27.8 Å². The second kappa shape index (κ2) is 12.5. The normalized spacial score (nSPS) is 12.2. The lowest BCUT2D eigenvalue weighted by atomic mass is 10.1. The number of ether oxygens (including phenoxy) is 1. The molecule has 0 spiro atoms. The molecule has 0 aliphatic carbocycles. The largest absolute Gasteiger partial charge is 0.497 e. The number of carbonyl (C=O) groups excluding carboxylic acids is 2. The van der Waals surface area contributed by atoms with Crippen molar-refractivity contribution in [1.29, 1.82) is 0 Å². The summed E-state index contributed by atoms with van der Waals surface area (Å²) in [5, 5.41) is 3.94. The van der Waals surface area contributed by atoms with Crippen LogP contribution in [-0.2, 0) is 21.9 Å². The summed E-state index contributed by atoms with van der Waals surface area (Å²) in [6, 6.07) is 12.3. The Kier molecular flexibility index (Phi) is 10.4. The van der Waals surface area contributed by atoms with E-state index in [0.717, 1.165) is 11.3 Å². The van der Waals surface area contributed by atoms with E-state index in [1.807, 2.05) is 52.0 Å². The van der Waals surface area contributed by atoms with Crippen molar-refractivity contribution in [3.8, 4) is 5.75 Å². The second-order valence-corrected chi connectivity index (χ2v) is 10.5. The van der Waals surface area contributed by atoms with Crippen LogP contribution in [0.1, 0.15) is 45.2 Å². The summed E-state index contributed by atoms with van der Waals surface area (Å²) in [6.45, 7) is 7.81.